The zero-order valence-electron chi connectivity index (χ0n) is 11.1. The average Bonchev–Trinajstić information content (AvgIpc) is 3.14. The smallest absolute Gasteiger partial charge is 0.224 e. The van der Waals surface area contributed by atoms with E-state index < -0.39 is 0 Å². The first-order valence-electron chi connectivity index (χ1n) is 6.51. The van der Waals surface area contributed by atoms with Crippen molar-refractivity contribution in [2.45, 2.75) is 18.9 Å². The van der Waals surface area contributed by atoms with Gasteiger partial charge in [-0.3, -0.25) is 4.79 Å². The Morgan fingerprint density at radius 2 is 2.20 bits per heavy atom. The number of nitrogens with zero attached hydrogens (tertiary/aromatic N) is 3. The fourth-order valence-electron chi connectivity index (χ4n) is 2.33. The summed E-state index contributed by atoms with van der Waals surface area (Å²) >= 11 is 3.42. The van der Waals surface area contributed by atoms with Crippen LogP contribution in [0.1, 0.15) is 23.7 Å². The number of carbonyl (C=O) groups is 1. The third-order valence-electron chi connectivity index (χ3n) is 3.65. The molecule has 0 aliphatic heterocycles. The van der Waals surface area contributed by atoms with Gasteiger partial charge >= 0.3 is 0 Å². The van der Waals surface area contributed by atoms with E-state index in [9.17, 15) is 4.79 Å². The summed E-state index contributed by atoms with van der Waals surface area (Å²) in [6.45, 7) is 0.429. The van der Waals surface area contributed by atoms with Crippen molar-refractivity contribution in [1.29, 1.82) is 0 Å². The SMILES string of the molecule is Cn1cnnc1CNC(=O)[C@@H]1C[C@H]1c1ccc(Br)cc1. The van der Waals surface area contributed by atoms with E-state index in [-0.39, 0.29) is 11.8 Å². The van der Waals surface area contributed by atoms with Crippen LogP contribution < -0.4 is 5.32 Å². The molecule has 3 rings (SSSR count). The molecule has 2 atom stereocenters. The molecule has 1 aromatic heterocycles. The Balaban J connectivity index is 1.55. The maximum absolute atomic E-state index is 12.1. The number of hydrogen-bond donors (Lipinski definition) is 1. The maximum Gasteiger partial charge on any atom is 0.224 e. The molecule has 20 heavy (non-hydrogen) atoms. The van der Waals surface area contributed by atoms with Crippen LogP contribution in [0.3, 0.4) is 0 Å². The van der Waals surface area contributed by atoms with Crippen LogP contribution in [0.2, 0.25) is 0 Å². The Hall–Kier alpha value is -1.69. The normalized spacial score (nSPS) is 20.7. The number of aryl methyl sites for hydroxylation is 1. The molecule has 1 heterocycles. The van der Waals surface area contributed by atoms with Crippen molar-refractivity contribution < 1.29 is 4.79 Å². The van der Waals surface area contributed by atoms with Crippen molar-refractivity contribution in [3.05, 3.63) is 46.5 Å². The Labute approximate surface area is 125 Å². The minimum Gasteiger partial charge on any atom is -0.349 e. The van der Waals surface area contributed by atoms with Crippen LogP contribution in [0, 0.1) is 5.92 Å². The monoisotopic (exact) mass is 334 g/mol. The van der Waals surface area contributed by atoms with Crippen molar-refractivity contribution in [3.63, 3.8) is 0 Å². The lowest BCUT2D eigenvalue weighted by Crippen LogP contribution is -2.26. The topological polar surface area (TPSA) is 59.8 Å². The molecular weight excluding hydrogens is 320 g/mol. The van der Waals surface area contributed by atoms with Crippen molar-refractivity contribution >= 4 is 21.8 Å². The van der Waals surface area contributed by atoms with Crippen molar-refractivity contribution in [3.8, 4) is 0 Å². The number of rotatable bonds is 4. The van der Waals surface area contributed by atoms with E-state index in [0.717, 1.165) is 16.7 Å². The van der Waals surface area contributed by atoms with Crippen LogP contribution in [-0.2, 0) is 18.4 Å². The Morgan fingerprint density at radius 1 is 1.45 bits per heavy atom. The number of hydrogen-bond acceptors (Lipinski definition) is 3. The molecule has 0 unspecified atom stereocenters. The molecule has 2 aromatic rings. The molecular formula is C14H15BrN4O. The highest BCUT2D eigenvalue weighted by Gasteiger charge is 2.43. The summed E-state index contributed by atoms with van der Waals surface area (Å²) in [6, 6.07) is 8.18. The molecule has 1 saturated carbocycles. The fourth-order valence-corrected chi connectivity index (χ4v) is 2.59. The second-order valence-corrected chi connectivity index (χ2v) is 5.99. The van der Waals surface area contributed by atoms with Crippen LogP contribution in [-0.4, -0.2) is 20.7 Å². The first kappa shape index (κ1) is 13.3. The molecule has 104 valence electrons. The van der Waals surface area contributed by atoms with Crippen molar-refractivity contribution in [2.24, 2.45) is 13.0 Å². The standard InChI is InChI=1S/C14H15BrN4O/c1-19-8-17-18-13(19)7-16-14(20)12-6-11(12)9-2-4-10(15)5-3-9/h2-5,8,11-12H,6-7H2,1H3,(H,16,20)/t11-,12+/m0/s1. The Kier molecular flexibility index (Phi) is 3.56. The van der Waals surface area contributed by atoms with Gasteiger partial charge in [0.05, 0.1) is 6.54 Å². The first-order chi connectivity index (χ1) is 9.65. The highest BCUT2D eigenvalue weighted by atomic mass is 79.9. The highest BCUT2D eigenvalue weighted by molar-refractivity contribution is 9.10. The van der Waals surface area contributed by atoms with E-state index in [2.05, 4.69) is 43.6 Å². The van der Waals surface area contributed by atoms with Gasteiger partial charge in [0.25, 0.3) is 0 Å². The zero-order chi connectivity index (χ0) is 14.1. The lowest BCUT2D eigenvalue weighted by molar-refractivity contribution is -0.122. The summed E-state index contributed by atoms with van der Waals surface area (Å²) in [7, 11) is 1.86. The fraction of sp³-hybridized carbons (Fsp3) is 0.357. The lowest BCUT2D eigenvalue weighted by Gasteiger charge is -2.04. The predicted octanol–water partition coefficient (Wildman–Crippen LogP) is 2.00. The van der Waals surface area contributed by atoms with E-state index in [1.54, 1.807) is 10.9 Å². The molecule has 0 bridgehead atoms. The van der Waals surface area contributed by atoms with Crippen LogP contribution in [0.25, 0.3) is 0 Å². The van der Waals surface area contributed by atoms with E-state index in [4.69, 9.17) is 0 Å². The molecule has 1 fully saturated rings. The quantitative estimate of drug-likeness (QED) is 0.930. The van der Waals surface area contributed by atoms with Gasteiger partial charge < -0.3 is 9.88 Å². The Bertz CT molecular complexity index is 622. The predicted molar refractivity (Wildman–Crippen MR) is 77.8 cm³/mol. The van der Waals surface area contributed by atoms with Gasteiger partial charge in [0.2, 0.25) is 5.91 Å². The molecule has 5 nitrogen and oxygen atoms in total. The van der Waals surface area contributed by atoms with Crippen LogP contribution in [0.4, 0.5) is 0 Å². The molecule has 0 spiro atoms. The van der Waals surface area contributed by atoms with Crippen LogP contribution in [0.5, 0.6) is 0 Å². The molecule has 0 saturated heterocycles. The van der Waals surface area contributed by atoms with E-state index >= 15 is 0 Å². The average molecular weight is 335 g/mol. The minimum atomic E-state index is 0.0874. The van der Waals surface area contributed by atoms with Gasteiger partial charge in [-0.2, -0.15) is 0 Å². The van der Waals surface area contributed by atoms with Gasteiger partial charge in [-0.05, 0) is 30.0 Å². The summed E-state index contributed by atoms with van der Waals surface area (Å²) < 4.78 is 2.87. The van der Waals surface area contributed by atoms with Gasteiger partial charge in [-0.15, -0.1) is 10.2 Å². The molecule has 1 aliphatic carbocycles. The maximum atomic E-state index is 12.1. The van der Waals surface area contributed by atoms with E-state index in [0.29, 0.717) is 12.5 Å². The van der Waals surface area contributed by atoms with E-state index in [1.165, 1.54) is 5.56 Å². The molecule has 1 aromatic carbocycles. The number of aromatic nitrogens is 3. The van der Waals surface area contributed by atoms with Crippen LogP contribution >= 0.6 is 15.9 Å². The number of halogens is 1. The summed E-state index contributed by atoms with van der Waals surface area (Å²) in [5.74, 6) is 1.30. The van der Waals surface area contributed by atoms with Gasteiger partial charge in [0, 0.05) is 17.4 Å². The highest BCUT2D eigenvalue weighted by Crippen LogP contribution is 2.47. The molecule has 0 radical (unpaired) electrons. The van der Waals surface area contributed by atoms with Gasteiger partial charge in [0.15, 0.2) is 5.82 Å². The lowest BCUT2D eigenvalue weighted by atomic mass is 10.1. The number of amides is 1. The van der Waals surface area contributed by atoms with E-state index in [1.807, 2.05) is 19.2 Å². The minimum absolute atomic E-state index is 0.0874. The van der Waals surface area contributed by atoms with Crippen molar-refractivity contribution in [2.75, 3.05) is 0 Å². The summed E-state index contributed by atoms with van der Waals surface area (Å²) in [6.07, 6.45) is 2.55. The Morgan fingerprint density at radius 3 is 2.85 bits per heavy atom. The second-order valence-electron chi connectivity index (χ2n) is 5.08. The van der Waals surface area contributed by atoms with Gasteiger partial charge in [-0.25, -0.2) is 0 Å². The molecule has 1 N–H and O–H groups in total. The second kappa shape index (κ2) is 5.36. The summed E-state index contributed by atoms with van der Waals surface area (Å²) in [5, 5.41) is 10.7. The zero-order valence-corrected chi connectivity index (χ0v) is 12.7. The number of nitrogens with one attached hydrogen (secondary N) is 1. The third-order valence-corrected chi connectivity index (χ3v) is 4.18. The largest absolute Gasteiger partial charge is 0.349 e. The molecule has 6 heteroatoms. The number of benzene rings is 1. The first-order valence-corrected chi connectivity index (χ1v) is 7.30. The molecule has 1 aliphatic rings. The third kappa shape index (κ3) is 2.75. The number of carbonyl (C=O) groups excluding carboxylic acids is 1. The van der Waals surface area contributed by atoms with Gasteiger partial charge in [-0.1, -0.05) is 28.1 Å². The molecule has 1 amide bonds. The van der Waals surface area contributed by atoms with Gasteiger partial charge in [0.1, 0.15) is 6.33 Å². The summed E-state index contributed by atoms with van der Waals surface area (Å²) in [4.78, 5) is 12.1. The van der Waals surface area contributed by atoms with Crippen LogP contribution in [0.15, 0.2) is 35.1 Å². The van der Waals surface area contributed by atoms with Crippen molar-refractivity contribution in [1.82, 2.24) is 20.1 Å². The summed E-state index contributed by atoms with van der Waals surface area (Å²) in [5.41, 5.74) is 1.23.